The monoisotopic (exact) mass is 192 g/mol. The van der Waals surface area contributed by atoms with E-state index in [1.165, 1.54) is 25.7 Å². The average Bonchev–Trinajstić information content (AvgIpc) is 2.16. The van der Waals surface area contributed by atoms with Crippen LogP contribution in [0.1, 0.15) is 39.0 Å². The third-order valence-electron chi connectivity index (χ3n) is 1.88. The number of aliphatic hydroxyl groups is 1. The highest BCUT2D eigenvalue weighted by Gasteiger charge is 2.01. The molecule has 0 unspecified atom stereocenters. The maximum Gasteiger partial charge on any atom is 0.118 e. The van der Waals surface area contributed by atoms with Gasteiger partial charge in [0.2, 0.25) is 0 Å². The maximum absolute atomic E-state index is 11.7. The molecule has 0 aromatic rings. The molecule has 0 saturated heterocycles. The molecule has 1 N–H and O–H groups in total. The summed E-state index contributed by atoms with van der Waals surface area (Å²) in [6.45, 7) is 2.23. The van der Waals surface area contributed by atoms with Gasteiger partial charge in [-0.1, -0.05) is 32.6 Å². The van der Waals surface area contributed by atoms with Gasteiger partial charge in [-0.05, 0) is 6.42 Å². The molecule has 0 aliphatic rings. The van der Waals surface area contributed by atoms with Crippen LogP contribution in [0.15, 0.2) is 0 Å². The van der Waals surface area contributed by atoms with Gasteiger partial charge in [0.1, 0.15) is 12.8 Å². The number of hydrogen-bond acceptors (Lipinski definition) is 2. The van der Waals surface area contributed by atoms with Crippen LogP contribution in [-0.2, 0) is 4.74 Å². The van der Waals surface area contributed by atoms with E-state index in [2.05, 4.69) is 6.92 Å². The van der Waals surface area contributed by atoms with Crippen LogP contribution in [0.4, 0.5) is 4.39 Å². The Bertz CT molecular complexity index is 98.9. The van der Waals surface area contributed by atoms with E-state index in [-0.39, 0.29) is 6.61 Å². The van der Waals surface area contributed by atoms with Gasteiger partial charge in [-0.15, -0.1) is 0 Å². The molecule has 0 aliphatic carbocycles. The Balaban J connectivity index is 2.91. The number of rotatable bonds is 9. The number of hydrogen-bond donors (Lipinski definition) is 1. The normalized spacial score (nSPS) is 13.2. The Morgan fingerprint density at radius 3 is 2.54 bits per heavy atom. The molecule has 0 aliphatic heterocycles. The Labute approximate surface area is 80.1 Å². The Morgan fingerprint density at radius 1 is 1.23 bits per heavy atom. The zero-order valence-electron chi connectivity index (χ0n) is 8.47. The molecular weight excluding hydrogens is 171 g/mol. The van der Waals surface area contributed by atoms with Gasteiger partial charge in [-0.3, -0.25) is 0 Å². The first kappa shape index (κ1) is 12.8. The van der Waals surface area contributed by atoms with Crippen molar-refractivity contribution in [3.05, 3.63) is 0 Å². The second kappa shape index (κ2) is 9.93. The van der Waals surface area contributed by atoms with Gasteiger partial charge >= 0.3 is 0 Å². The standard InChI is InChI=1S/C10H21FO2/c1-2-3-4-5-6-7-13-9-10(12)8-11/h10,12H,2-9H2,1H3/t10-/m0/s1. The third kappa shape index (κ3) is 9.77. The van der Waals surface area contributed by atoms with Gasteiger partial charge in [-0.2, -0.15) is 0 Å². The van der Waals surface area contributed by atoms with Gasteiger partial charge in [0, 0.05) is 6.61 Å². The number of unbranched alkanes of at least 4 members (excludes halogenated alkanes) is 4. The summed E-state index contributed by atoms with van der Waals surface area (Å²) in [5.41, 5.74) is 0. The van der Waals surface area contributed by atoms with Crippen LogP contribution in [0.5, 0.6) is 0 Å². The van der Waals surface area contributed by atoms with Crippen LogP contribution in [0.2, 0.25) is 0 Å². The molecule has 3 heteroatoms. The van der Waals surface area contributed by atoms with Gasteiger partial charge in [-0.25, -0.2) is 4.39 Å². The second-order valence-corrected chi connectivity index (χ2v) is 3.30. The van der Waals surface area contributed by atoms with E-state index < -0.39 is 12.8 Å². The highest BCUT2D eigenvalue weighted by atomic mass is 19.1. The zero-order valence-corrected chi connectivity index (χ0v) is 8.47. The fourth-order valence-corrected chi connectivity index (χ4v) is 1.07. The summed E-state index contributed by atoms with van der Waals surface area (Å²) in [5.74, 6) is 0. The number of halogens is 1. The fourth-order valence-electron chi connectivity index (χ4n) is 1.07. The first-order chi connectivity index (χ1) is 6.31. The van der Waals surface area contributed by atoms with Crippen molar-refractivity contribution in [3.8, 4) is 0 Å². The highest BCUT2D eigenvalue weighted by Crippen LogP contribution is 2.02. The van der Waals surface area contributed by atoms with Crippen molar-refractivity contribution in [1.29, 1.82) is 0 Å². The molecule has 80 valence electrons. The van der Waals surface area contributed by atoms with Crippen LogP contribution >= 0.6 is 0 Å². The molecule has 13 heavy (non-hydrogen) atoms. The van der Waals surface area contributed by atoms with Gasteiger partial charge in [0.05, 0.1) is 6.61 Å². The quantitative estimate of drug-likeness (QED) is 0.568. The van der Waals surface area contributed by atoms with Crippen LogP contribution in [-0.4, -0.2) is 31.1 Å². The molecule has 0 fully saturated rings. The number of alkyl halides is 1. The molecule has 0 heterocycles. The lowest BCUT2D eigenvalue weighted by Crippen LogP contribution is -2.17. The topological polar surface area (TPSA) is 29.5 Å². The van der Waals surface area contributed by atoms with E-state index in [1.54, 1.807) is 0 Å². The van der Waals surface area contributed by atoms with E-state index in [4.69, 9.17) is 9.84 Å². The minimum atomic E-state index is -0.935. The Morgan fingerprint density at radius 2 is 1.92 bits per heavy atom. The second-order valence-electron chi connectivity index (χ2n) is 3.30. The molecule has 0 spiro atoms. The fraction of sp³-hybridized carbons (Fsp3) is 1.00. The van der Waals surface area contributed by atoms with Crippen molar-refractivity contribution in [2.75, 3.05) is 19.9 Å². The molecular formula is C10H21FO2. The number of aliphatic hydroxyl groups excluding tert-OH is 1. The van der Waals surface area contributed by atoms with Crippen molar-refractivity contribution in [2.45, 2.75) is 45.1 Å². The molecule has 0 aromatic carbocycles. The average molecular weight is 192 g/mol. The smallest absolute Gasteiger partial charge is 0.118 e. The van der Waals surface area contributed by atoms with E-state index in [9.17, 15) is 4.39 Å². The van der Waals surface area contributed by atoms with Crippen LogP contribution in [0.3, 0.4) is 0 Å². The number of ether oxygens (including phenoxy) is 1. The lowest BCUT2D eigenvalue weighted by Gasteiger charge is -2.06. The summed E-state index contributed by atoms with van der Waals surface area (Å²) in [4.78, 5) is 0. The van der Waals surface area contributed by atoms with Crippen molar-refractivity contribution in [2.24, 2.45) is 0 Å². The maximum atomic E-state index is 11.7. The lowest BCUT2D eigenvalue weighted by molar-refractivity contribution is 0.0228. The molecule has 0 amide bonds. The predicted octanol–water partition coefficient (Wildman–Crippen LogP) is 2.30. The van der Waals surface area contributed by atoms with Gasteiger partial charge in [0.25, 0.3) is 0 Å². The molecule has 0 bridgehead atoms. The molecule has 0 rings (SSSR count). The third-order valence-corrected chi connectivity index (χ3v) is 1.88. The zero-order chi connectivity index (χ0) is 9.94. The molecule has 0 radical (unpaired) electrons. The SMILES string of the molecule is CCCCCCCOC[C@@H](O)CF. The van der Waals surface area contributed by atoms with E-state index in [0.717, 1.165) is 6.42 Å². The first-order valence-electron chi connectivity index (χ1n) is 5.13. The summed E-state index contributed by atoms with van der Waals surface area (Å²) in [6.07, 6.45) is 4.99. The van der Waals surface area contributed by atoms with Crippen molar-refractivity contribution >= 4 is 0 Å². The minimum absolute atomic E-state index is 0.129. The predicted molar refractivity (Wildman–Crippen MR) is 51.6 cm³/mol. The van der Waals surface area contributed by atoms with E-state index >= 15 is 0 Å². The van der Waals surface area contributed by atoms with E-state index in [1.807, 2.05) is 0 Å². The highest BCUT2D eigenvalue weighted by molar-refractivity contribution is 4.49. The first-order valence-corrected chi connectivity index (χ1v) is 5.13. The van der Waals surface area contributed by atoms with E-state index in [0.29, 0.717) is 6.61 Å². The molecule has 1 atom stereocenters. The molecule has 0 aromatic heterocycles. The summed E-state index contributed by atoms with van der Waals surface area (Å²) in [6, 6.07) is 0. The van der Waals surface area contributed by atoms with Gasteiger partial charge < -0.3 is 9.84 Å². The van der Waals surface area contributed by atoms with Gasteiger partial charge in [0.15, 0.2) is 0 Å². The Hall–Kier alpha value is -0.150. The largest absolute Gasteiger partial charge is 0.388 e. The summed E-state index contributed by atoms with van der Waals surface area (Å²) in [7, 11) is 0. The molecule has 2 nitrogen and oxygen atoms in total. The molecule has 0 saturated carbocycles. The lowest BCUT2D eigenvalue weighted by atomic mass is 10.2. The summed E-state index contributed by atoms with van der Waals surface area (Å²) >= 11 is 0. The van der Waals surface area contributed by atoms with Crippen LogP contribution in [0.25, 0.3) is 0 Å². The Kier molecular flexibility index (Phi) is 9.82. The van der Waals surface area contributed by atoms with Crippen LogP contribution < -0.4 is 0 Å². The van der Waals surface area contributed by atoms with Crippen molar-refractivity contribution in [1.82, 2.24) is 0 Å². The van der Waals surface area contributed by atoms with Crippen LogP contribution in [0, 0.1) is 0 Å². The minimum Gasteiger partial charge on any atom is -0.388 e. The van der Waals surface area contributed by atoms with Crippen molar-refractivity contribution < 1.29 is 14.2 Å². The van der Waals surface area contributed by atoms with Crippen molar-refractivity contribution in [3.63, 3.8) is 0 Å². The summed E-state index contributed by atoms with van der Waals surface area (Å²) < 4.78 is 16.8. The summed E-state index contributed by atoms with van der Waals surface area (Å²) in [5, 5.41) is 8.80.